The molecule has 0 bridgehead atoms. The first kappa shape index (κ1) is 11.9. The molecular weight excluding hydrogens is 232 g/mol. The fraction of sp³-hybridized carbons (Fsp3) is 0.692. The lowest BCUT2D eigenvalue weighted by Gasteiger charge is -2.34. The number of hydrogen-bond acceptors (Lipinski definition) is 4. The van der Waals surface area contributed by atoms with Crippen molar-refractivity contribution in [3.05, 3.63) is 27.4 Å². The molecule has 98 valence electrons. The highest BCUT2D eigenvalue weighted by Gasteiger charge is 2.38. The molecule has 18 heavy (non-hydrogen) atoms. The van der Waals surface area contributed by atoms with Crippen LogP contribution in [-0.2, 0) is 27.9 Å². The van der Waals surface area contributed by atoms with Gasteiger partial charge in [-0.25, -0.2) is 4.98 Å². The second-order valence-electron chi connectivity index (χ2n) is 5.00. The Balaban J connectivity index is 2.05. The van der Waals surface area contributed by atoms with Gasteiger partial charge in [0.1, 0.15) is 11.4 Å². The summed E-state index contributed by atoms with van der Waals surface area (Å²) in [5.74, 6) is 0.680. The molecule has 0 aromatic carbocycles. The number of H-pyrrole nitrogens is 1. The summed E-state index contributed by atoms with van der Waals surface area (Å²) in [6.45, 7) is 1.29. The molecule has 2 aliphatic rings. The summed E-state index contributed by atoms with van der Waals surface area (Å²) >= 11 is 0. The average Bonchev–Trinajstić information content (AvgIpc) is 2.88. The minimum atomic E-state index is -0.477. The summed E-state index contributed by atoms with van der Waals surface area (Å²) in [5, 5.41) is 0. The van der Waals surface area contributed by atoms with E-state index in [-0.39, 0.29) is 5.56 Å². The number of nitrogens with one attached hydrogen (secondary N) is 1. The van der Waals surface area contributed by atoms with E-state index in [1.165, 1.54) is 0 Å². The highest BCUT2D eigenvalue weighted by molar-refractivity contribution is 5.24. The van der Waals surface area contributed by atoms with Crippen molar-refractivity contribution in [1.29, 1.82) is 0 Å². The van der Waals surface area contributed by atoms with Crippen LogP contribution in [0.2, 0.25) is 0 Å². The maximum absolute atomic E-state index is 12.1. The van der Waals surface area contributed by atoms with Gasteiger partial charge >= 0.3 is 0 Å². The van der Waals surface area contributed by atoms with Crippen LogP contribution in [0, 0.1) is 0 Å². The molecule has 0 saturated carbocycles. The molecule has 3 rings (SSSR count). The second-order valence-corrected chi connectivity index (χ2v) is 5.00. The van der Waals surface area contributed by atoms with Gasteiger partial charge in [-0.1, -0.05) is 0 Å². The molecule has 0 unspecified atom stereocenters. The molecule has 2 heterocycles. The van der Waals surface area contributed by atoms with Crippen LogP contribution in [0.5, 0.6) is 0 Å². The summed E-state index contributed by atoms with van der Waals surface area (Å²) in [4.78, 5) is 19.6. The molecule has 0 amide bonds. The molecule has 0 atom stereocenters. The van der Waals surface area contributed by atoms with Crippen molar-refractivity contribution in [2.45, 2.75) is 37.7 Å². The van der Waals surface area contributed by atoms with E-state index in [0.717, 1.165) is 43.4 Å². The third-order valence-electron chi connectivity index (χ3n) is 4.06. The van der Waals surface area contributed by atoms with Crippen molar-refractivity contribution in [2.24, 2.45) is 0 Å². The molecule has 1 fully saturated rings. The van der Waals surface area contributed by atoms with E-state index < -0.39 is 5.60 Å². The number of rotatable bonds is 2. The van der Waals surface area contributed by atoms with Crippen LogP contribution >= 0.6 is 0 Å². The number of aromatic nitrogens is 2. The Hall–Kier alpha value is -1.20. The van der Waals surface area contributed by atoms with Crippen LogP contribution in [0.4, 0.5) is 0 Å². The van der Waals surface area contributed by atoms with Crippen LogP contribution in [0.25, 0.3) is 0 Å². The first-order chi connectivity index (χ1) is 8.75. The Morgan fingerprint density at radius 2 is 2.11 bits per heavy atom. The van der Waals surface area contributed by atoms with Gasteiger partial charge in [0.05, 0.1) is 5.69 Å². The summed E-state index contributed by atoms with van der Waals surface area (Å²) in [5.41, 5.74) is 1.35. The molecule has 1 saturated heterocycles. The van der Waals surface area contributed by atoms with E-state index in [4.69, 9.17) is 9.47 Å². The van der Waals surface area contributed by atoms with Crippen LogP contribution in [0.1, 0.15) is 36.3 Å². The zero-order valence-electron chi connectivity index (χ0n) is 10.6. The van der Waals surface area contributed by atoms with Gasteiger partial charge < -0.3 is 14.5 Å². The highest BCUT2D eigenvalue weighted by atomic mass is 16.5. The molecule has 1 aromatic heterocycles. The Morgan fingerprint density at radius 1 is 1.33 bits per heavy atom. The van der Waals surface area contributed by atoms with Crippen LogP contribution in [0.15, 0.2) is 4.79 Å². The van der Waals surface area contributed by atoms with E-state index in [1.807, 2.05) is 0 Å². The van der Waals surface area contributed by atoms with Crippen molar-refractivity contribution in [3.63, 3.8) is 0 Å². The summed E-state index contributed by atoms with van der Waals surface area (Å²) in [6, 6.07) is 0. The maximum Gasteiger partial charge on any atom is 0.254 e. The lowest BCUT2D eigenvalue weighted by Crippen LogP contribution is -2.39. The normalized spacial score (nSPS) is 21.8. The van der Waals surface area contributed by atoms with Crippen LogP contribution < -0.4 is 5.56 Å². The first-order valence-electron chi connectivity index (χ1n) is 6.51. The van der Waals surface area contributed by atoms with Crippen molar-refractivity contribution in [2.75, 3.05) is 20.3 Å². The third-order valence-corrected chi connectivity index (χ3v) is 4.06. The number of hydrogen-bond donors (Lipinski definition) is 1. The standard InChI is InChI=1S/C13H18N2O3/c1-17-13(5-7-18-8-6-13)12-14-10-4-2-3-9(10)11(16)15-12/h2-8H2,1H3,(H,14,15,16). The predicted molar refractivity (Wildman–Crippen MR) is 65.6 cm³/mol. The summed E-state index contributed by atoms with van der Waals surface area (Å²) < 4.78 is 11.0. The number of methoxy groups -OCH3 is 1. The van der Waals surface area contributed by atoms with Gasteiger partial charge in [0, 0.05) is 38.7 Å². The van der Waals surface area contributed by atoms with E-state index in [1.54, 1.807) is 7.11 Å². The third kappa shape index (κ3) is 1.78. The van der Waals surface area contributed by atoms with Crippen LogP contribution in [0.3, 0.4) is 0 Å². The molecule has 5 heteroatoms. The van der Waals surface area contributed by atoms with Gasteiger partial charge in [0.15, 0.2) is 0 Å². The molecule has 1 aliphatic carbocycles. The molecular formula is C13H18N2O3. The van der Waals surface area contributed by atoms with Gasteiger partial charge in [-0.15, -0.1) is 0 Å². The zero-order valence-corrected chi connectivity index (χ0v) is 10.6. The zero-order chi connectivity index (χ0) is 12.6. The Morgan fingerprint density at radius 3 is 2.83 bits per heavy atom. The number of aryl methyl sites for hydroxylation is 1. The van der Waals surface area contributed by atoms with Gasteiger partial charge in [0.2, 0.25) is 0 Å². The molecule has 1 aliphatic heterocycles. The number of fused-ring (bicyclic) bond motifs is 1. The molecule has 1 N–H and O–H groups in total. The monoisotopic (exact) mass is 250 g/mol. The molecule has 5 nitrogen and oxygen atoms in total. The minimum Gasteiger partial charge on any atom is -0.381 e. The minimum absolute atomic E-state index is 0.00965. The fourth-order valence-electron chi connectivity index (χ4n) is 2.90. The Labute approximate surface area is 106 Å². The quantitative estimate of drug-likeness (QED) is 0.847. The van der Waals surface area contributed by atoms with Crippen molar-refractivity contribution in [3.8, 4) is 0 Å². The van der Waals surface area contributed by atoms with E-state index in [0.29, 0.717) is 19.0 Å². The number of aromatic amines is 1. The summed E-state index contributed by atoms with van der Waals surface area (Å²) in [6.07, 6.45) is 4.26. The van der Waals surface area contributed by atoms with E-state index >= 15 is 0 Å². The largest absolute Gasteiger partial charge is 0.381 e. The van der Waals surface area contributed by atoms with Gasteiger partial charge in [-0.3, -0.25) is 4.79 Å². The molecule has 0 spiro atoms. The lowest BCUT2D eigenvalue weighted by molar-refractivity contribution is -0.100. The Kier molecular flexibility index (Phi) is 2.95. The van der Waals surface area contributed by atoms with Gasteiger partial charge in [-0.2, -0.15) is 0 Å². The van der Waals surface area contributed by atoms with Crippen molar-refractivity contribution in [1.82, 2.24) is 9.97 Å². The van der Waals surface area contributed by atoms with Gasteiger partial charge in [-0.05, 0) is 19.3 Å². The lowest BCUT2D eigenvalue weighted by atomic mass is 9.93. The highest BCUT2D eigenvalue weighted by Crippen LogP contribution is 2.33. The smallest absolute Gasteiger partial charge is 0.254 e. The average molecular weight is 250 g/mol. The predicted octanol–water partition coefficient (Wildman–Crippen LogP) is 0.911. The number of nitrogens with zero attached hydrogens (tertiary/aromatic N) is 1. The van der Waals surface area contributed by atoms with Gasteiger partial charge in [0.25, 0.3) is 5.56 Å². The SMILES string of the molecule is COC1(c2nc3c(c(=O)[nH]2)CCC3)CCOCC1. The van der Waals surface area contributed by atoms with E-state index in [2.05, 4.69) is 9.97 Å². The van der Waals surface area contributed by atoms with Crippen molar-refractivity contribution >= 4 is 0 Å². The Bertz CT molecular complexity index is 503. The van der Waals surface area contributed by atoms with E-state index in [9.17, 15) is 4.79 Å². The topological polar surface area (TPSA) is 64.2 Å². The molecule has 1 aromatic rings. The maximum atomic E-state index is 12.1. The van der Waals surface area contributed by atoms with Crippen LogP contribution in [-0.4, -0.2) is 30.3 Å². The second kappa shape index (κ2) is 4.48. The first-order valence-corrected chi connectivity index (χ1v) is 6.51. The fourth-order valence-corrected chi connectivity index (χ4v) is 2.90. The molecule has 0 radical (unpaired) electrons. The van der Waals surface area contributed by atoms with Crippen molar-refractivity contribution < 1.29 is 9.47 Å². The summed E-state index contributed by atoms with van der Waals surface area (Å²) in [7, 11) is 1.68. The number of ether oxygens (including phenoxy) is 2.